The van der Waals surface area contributed by atoms with Crippen LogP contribution in [-0.2, 0) is 13.6 Å². The predicted molar refractivity (Wildman–Crippen MR) is 152 cm³/mol. The Kier molecular flexibility index (Phi) is 13.8. The van der Waals surface area contributed by atoms with E-state index in [-0.39, 0.29) is 12.0 Å². The van der Waals surface area contributed by atoms with Gasteiger partial charge in [0.15, 0.2) is 16.6 Å². The smallest absolute Gasteiger partial charge is 0.192 e. The lowest BCUT2D eigenvalue weighted by atomic mass is 9.89. The van der Waals surface area contributed by atoms with E-state index in [0.717, 1.165) is 60.5 Å². The van der Waals surface area contributed by atoms with Crippen molar-refractivity contribution >= 4 is 22.9 Å². The summed E-state index contributed by atoms with van der Waals surface area (Å²) in [6.45, 7) is 18.4. The van der Waals surface area contributed by atoms with Gasteiger partial charge in [-0.1, -0.05) is 48.5 Å². The van der Waals surface area contributed by atoms with E-state index in [2.05, 4.69) is 55.4 Å². The quantitative estimate of drug-likeness (QED) is 0.136. The van der Waals surface area contributed by atoms with Gasteiger partial charge in [0.1, 0.15) is 17.8 Å². The van der Waals surface area contributed by atoms with Crippen LogP contribution < -0.4 is 9.47 Å². The third-order valence-electron chi connectivity index (χ3n) is 8.09. The minimum Gasteiger partial charge on any atom is -0.497 e. The van der Waals surface area contributed by atoms with Crippen molar-refractivity contribution in [1.29, 1.82) is 0 Å². The molecule has 3 atom stereocenters. The lowest BCUT2D eigenvalue weighted by Crippen LogP contribution is -2.56. The Labute approximate surface area is 217 Å². The van der Waals surface area contributed by atoms with Gasteiger partial charge in [-0.2, -0.15) is 0 Å². The van der Waals surface area contributed by atoms with Crippen molar-refractivity contribution < 1.29 is 23.1 Å². The first-order valence-electron chi connectivity index (χ1n) is 13.7. The Morgan fingerprint density at radius 3 is 1.77 bits per heavy atom. The maximum Gasteiger partial charge on any atom is 0.192 e. The van der Waals surface area contributed by atoms with E-state index >= 15 is 0 Å². The van der Waals surface area contributed by atoms with Gasteiger partial charge in [0.25, 0.3) is 0 Å². The monoisotopic (exact) mass is 524 g/mol. The van der Waals surface area contributed by atoms with Crippen LogP contribution in [-0.4, -0.2) is 48.3 Å². The number of carbonyl (C=O) groups is 1. The van der Waals surface area contributed by atoms with Crippen LogP contribution in [0.25, 0.3) is 0 Å². The molecule has 0 radical (unpaired) electrons. The molecule has 0 N–H and O–H groups in total. The zero-order chi connectivity index (χ0) is 26.5. The number of aldehydes is 1. The fourth-order valence-electron chi connectivity index (χ4n) is 4.93. The lowest BCUT2D eigenvalue weighted by molar-refractivity contribution is -0.116. The molecule has 0 aliphatic rings. The average Bonchev–Trinajstić information content (AvgIpc) is 2.89. The standard InChI is InChI=1S/C28H52O5Si2/c1-10-34(11-2,12-3)32-27(28(8,20-21-29)33-35(13-4,14-5)15-6)22-24(7)23-31-26-18-16-25(30-9)17-19-26/h16-19,21,24,27H,10-15,20,22-23H2,1-9H3/t24-,27-,28+/m0/s1. The summed E-state index contributed by atoms with van der Waals surface area (Å²) in [4.78, 5) is 12.0. The maximum atomic E-state index is 12.0. The maximum absolute atomic E-state index is 12.0. The molecule has 0 aliphatic carbocycles. The van der Waals surface area contributed by atoms with E-state index in [1.807, 2.05) is 24.3 Å². The number of methoxy groups -OCH3 is 1. The molecular weight excluding hydrogens is 472 g/mol. The van der Waals surface area contributed by atoms with E-state index in [0.29, 0.717) is 13.0 Å². The molecule has 5 nitrogen and oxygen atoms in total. The molecule has 0 spiro atoms. The van der Waals surface area contributed by atoms with E-state index < -0.39 is 22.2 Å². The van der Waals surface area contributed by atoms with Gasteiger partial charge < -0.3 is 23.1 Å². The van der Waals surface area contributed by atoms with E-state index in [4.69, 9.17) is 18.3 Å². The molecule has 0 fully saturated rings. The summed E-state index contributed by atoms with van der Waals surface area (Å²) in [6.07, 6.45) is 2.06. The molecule has 7 heteroatoms. The van der Waals surface area contributed by atoms with Gasteiger partial charge in [-0.25, -0.2) is 0 Å². The topological polar surface area (TPSA) is 54.0 Å². The Balaban J connectivity index is 3.21. The predicted octanol–water partition coefficient (Wildman–Crippen LogP) is 7.86. The lowest BCUT2D eigenvalue weighted by Gasteiger charge is -2.47. The van der Waals surface area contributed by atoms with Crippen molar-refractivity contribution in [2.24, 2.45) is 5.92 Å². The number of hydrogen-bond donors (Lipinski definition) is 0. The molecule has 202 valence electrons. The Morgan fingerprint density at radius 2 is 1.34 bits per heavy atom. The Hall–Kier alpha value is -1.16. The molecule has 0 unspecified atom stereocenters. The van der Waals surface area contributed by atoms with Crippen molar-refractivity contribution in [3.8, 4) is 11.5 Å². The van der Waals surface area contributed by atoms with Crippen LogP contribution in [0.2, 0.25) is 36.3 Å². The van der Waals surface area contributed by atoms with Crippen LogP contribution in [0.1, 0.15) is 68.2 Å². The van der Waals surface area contributed by atoms with Crippen LogP contribution in [0.3, 0.4) is 0 Å². The van der Waals surface area contributed by atoms with E-state index in [1.54, 1.807) is 7.11 Å². The highest BCUT2D eigenvalue weighted by Gasteiger charge is 2.46. The van der Waals surface area contributed by atoms with Crippen LogP contribution in [0, 0.1) is 5.92 Å². The largest absolute Gasteiger partial charge is 0.497 e. The fraction of sp³-hybridized carbons (Fsp3) is 0.750. The number of carbonyl (C=O) groups excluding carboxylic acids is 1. The number of rotatable bonds is 19. The average molecular weight is 525 g/mol. The fourth-order valence-corrected chi connectivity index (χ4v) is 11.0. The molecule has 0 aromatic heterocycles. The first kappa shape index (κ1) is 31.9. The zero-order valence-electron chi connectivity index (χ0n) is 23.9. The SMILES string of the molecule is CC[Si](CC)(CC)O[C@@H](C[C@H](C)COc1ccc(OC)cc1)[C@@](C)(CC=O)O[Si](CC)(CC)CC. The van der Waals surface area contributed by atoms with Gasteiger partial charge in [0, 0.05) is 6.42 Å². The summed E-state index contributed by atoms with van der Waals surface area (Å²) in [6, 6.07) is 14.1. The summed E-state index contributed by atoms with van der Waals surface area (Å²) in [7, 11) is -2.22. The molecule has 1 aromatic rings. The van der Waals surface area contributed by atoms with Crippen molar-refractivity contribution in [2.75, 3.05) is 13.7 Å². The Bertz CT molecular complexity index is 702. The summed E-state index contributed by atoms with van der Waals surface area (Å²) >= 11 is 0. The third kappa shape index (κ3) is 9.02. The number of ether oxygens (including phenoxy) is 2. The van der Waals surface area contributed by atoms with Gasteiger partial charge in [-0.15, -0.1) is 0 Å². The molecule has 0 saturated carbocycles. The summed E-state index contributed by atoms with van der Waals surface area (Å²) in [5, 5.41) is 0. The highest BCUT2D eigenvalue weighted by atomic mass is 28.4. The van der Waals surface area contributed by atoms with Crippen molar-refractivity contribution in [3.63, 3.8) is 0 Å². The van der Waals surface area contributed by atoms with Crippen molar-refractivity contribution in [2.45, 2.75) is 116 Å². The highest BCUT2D eigenvalue weighted by Crippen LogP contribution is 2.38. The molecule has 0 heterocycles. The summed E-state index contributed by atoms with van der Waals surface area (Å²) in [5.74, 6) is 1.89. The number of hydrogen-bond acceptors (Lipinski definition) is 5. The van der Waals surface area contributed by atoms with Crippen LogP contribution >= 0.6 is 0 Å². The van der Waals surface area contributed by atoms with Gasteiger partial charge >= 0.3 is 0 Å². The second-order valence-corrected chi connectivity index (χ2v) is 19.6. The Morgan fingerprint density at radius 1 is 0.857 bits per heavy atom. The molecule has 1 rings (SSSR count). The second-order valence-electron chi connectivity index (χ2n) is 10.2. The van der Waals surface area contributed by atoms with Gasteiger partial charge in [-0.3, -0.25) is 0 Å². The normalized spacial score (nSPS) is 15.8. The first-order valence-corrected chi connectivity index (χ1v) is 18.8. The second kappa shape index (κ2) is 15.2. The molecule has 35 heavy (non-hydrogen) atoms. The molecule has 0 amide bonds. The molecule has 0 saturated heterocycles. The van der Waals surface area contributed by atoms with Crippen LogP contribution in [0.4, 0.5) is 0 Å². The van der Waals surface area contributed by atoms with Crippen LogP contribution in [0.5, 0.6) is 11.5 Å². The van der Waals surface area contributed by atoms with Gasteiger partial charge in [0.05, 0.1) is 25.4 Å². The zero-order valence-corrected chi connectivity index (χ0v) is 25.9. The minimum atomic E-state index is -1.96. The van der Waals surface area contributed by atoms with Gasteiger partial charge in [0.2, 0.25) is 0 Å². The van der Waals surface area contributed by atoms with E-state index in [9.17, 15) is 4.79 Å². The first-order chi connectivity index (χ1) is 16.6. The highest BCUT2D eigenvalue weighted by molar-refractivity contribution is 6.74. The molecule has 0 bridgehead atoms. The van der Waals surface area contributed by atoms with E-state index in [1.165, 1.54) is 0 Å². The summed E-state index contributed by atoms with van der Waals surface area (Å²) in [5.41, 5.74) is -0.623. The third-order valence-corrected chi connectivity index (χ3v) is 17.5. The van der Waals surface area contributed by atoms with Gasteiger partial charge in [-0.05, 0) is 79.8 Å². The molecular formula is C28H52O5Si2. The minimum absolute atomic E-state index is 0.134. The van der Waals surface area contributed by atoms with Crippen molar-refractivity contribution in [1.82, 2.24) is 0 Å². The van der Waals surface area contributed by atoms with Crippen molar-refractivity contribution in [3.05, 3.63) is 24.3 Å². The summed E-state index contributed by atoms with van der Waals surface area (Å²) < 4.78 is 25.6. The molecule has 0 aliphatic heterocycles. The molecule has 1 aromatic carbocycles. The van der Waals surface area contributed by atoms with Crippen LogP contribution in [0.15, 0.2) is 24.3 Å². The number of benzene rings is 1.